The molecule has 0 saturated heterocycles. The molecule has 1 amide bonds. The number of pyridine rings is 1. The Kier molecular flexibility index (Phi) is 4.48. The average Bonchev–Trinajstić information content (AvgIpc) is 2.49. The molecule has 2 atom stereocenters. The smallest absolute Gasteiger partial charge is 0.230 e. The van der Waals surface area contributed by atoms with Crippen molar-refractivity contribution in [2.75, 3.05) is 5.32 Å². The highest BCUT2D eigenvalue weighted by Gasteiger charge is 2.22. The van der Waals surface area contributed by atoms with Crippen molar-refractivity contribution in [2.45, 2.75) is 19.9 Å². The quantitative estimate of drug-likeness (QED) is 0.896. The van der Waals surface area contributed by atoms with Crippen molar-refractivity contribution in [1.82, 2.24) is 4.98 Å². The zero-order valence-corrected chi connectivity index (χ0v) is 11.7. The first-order chi connectivity index (χ1) is 9.59. The zero-order valence-electron chi connectivity index (χ0n) is 11.7. The van der Waals surface area contributed by atoms with E-state index in [0.717, 1.165) is 11.1 Å². The third-order valence-corrected chi connectivity index (χ3v) is 3.39. The SMILES string of the molecule is Cc1cccnc1NC(=O)C(C)C(N)c1ccccc1. The average molecular weight is 269 g/mol. The topological polar surface area (TPSA) is 68.0 Å². The number of nitrogens with zero attached hydrogens (tertiary/aromatic N) is 1. The van der Waals surface area contributed by atoms with Crippen LogP contribution in [-0.2, 0) is 4.79 Å². The maximum atomic E-state index is 12.2. The number of aromatic nitrogens is 1. The molecule has 2 rings (SSSR count). The molecule has 0 spiro atoms. The third kappa shape index (κ3) is 3.22. The van der Waals surface area contributed by atoms with E-state index >= 15 is 0 Å². The van der Waals surface area contributed by atoms with E-state index in [1.54, 1.807) is 6.20 Å². The lowest BCUT2D eigenvalue weighted by Gasteiger charge is -2.20. The van der Waals surface area contributed by atoms with E-state index in [-0.39, 0.29) is 17.9 Å². The lowest BCUT2D eigenvalue weighted by atomic mass is 9.94. The molecule has 104 valence electrons. The van der Waals surface area contributed by atoms with E-state index in [1.807, 2.05) is 56.3 Å². The van der Waals surface area contributed by atoms with Gasteiger partial charge in [-0.3, -0.25) is 4.79 Å². The van der Waals surface area contributed by atoms with Crippen molar-refractivity contribution < 1.29 is 4.79 Å². The molecule has 0 aliphatic rings. The monoisotopic (exact) mass is 269 g/mol. The van der Waals surface area contributed by atoms with Crippen LogP contribution in [0.4, 0.5) is 5.82 Å². The Bertz CT molecular complexity index is 583. The molecule has 4 heteroatoms. The first-order valence-corrected chi connectivity index (χ1v) is 6.62. The third-order valence-electron chi connectivity index (χ3n) is 3.39. The Hall–Kier alpha value is -2.20. The second-order valence-electron chi connectivity index (χ2n) is 4.88. The molecule has 0 aliphatic heterocycles. The minimum atomic E-state index is -0.334. The summed E-state index contributed by atoms with van der Waals surface area (Å²) >= 11 is 0. The number of nitrogens with two attached hydrogens (primary N) is 1. The van der Waals surface area contributed by atoms with Gasteiger partial charge < -0.3 is 11.1 Å². The van der Waals surface area contributed by atoms with Crippen molar-refractivity contribution in [3.05, 3.63) is 59.8 Å². The summed E-state index contributed by atoms with van der Waals surface area (Å²) in [5, 5.41) is 2.83. The molecule has 4 nitrogen and oxygen atoms in total. The number of hydrogen-bond donors (Lipinski definition) is 2. The van der Waals surface area contributed by atoms with Crippen molar-refractivity contribution in [3.63, 3.8) is 0 Å². The molecule has 0 bridgehead atoms. The van der Waals surface area contributed by atoms with E-state index in [1.165, 1.54) is 0 Å². The van der Waals surface area contributed by atoms with Gasteiger partial charge in [0.1, 0.15) is 5.82 Å². The second kappa shape index (κ2) is 6.30. The summed E-state index contributed by atoms with van der Waals surface area (Å²) in [6.07, 6.45) is 1.66. The first kappa shape index (κ1) is 14.2. The van der Waals surface area contributed by atoms with E-state index in [4.69, 9.17) is 5.73 Å². The molecule has 1 heterocycles. The molecular formula is C16H19N3O. The van der Waals surface area contributed by atoms with Gasteiger partial charge in [0.15, 0.2) is 0 Å². The van der Waals surface area contributed by atoms with Crippen LogP contribution in [0.15, 0.2) is 48.7 Å². The molecule has 0 aliphatic carbocycles. The molecule has 2 aromatic rings. The number of hydrogen-bond acceptors (Lipinski definition) is 3. The summed E-state index contributed by atoms with van der Waals surface area (Å²) in [4.78, 5) is 16.4. The maximum absolute atomic E-state index is 12.2. The van der Waals surface area contributed by atoms with E-state index in [2.05, 4.69) is 10.3 Å². The van der Waals surface area contributed by atoms with Gasteiger partial charge in [-0.05, 0) is 24.1 Å². The van der Waals surface area contributed by atoms with Crippen molar-refractivity contribution in [2.24, 2.45) is 11.7 Å². The minimum absolute atomic E-state index is 0.122. The summed E-state index contributed by atoms with van der Waals surface area (Å²) in [6.45, 7) is 3.73. The van der Waals surface area contributed by atoms with Gasteiger partial charge in [-0.15, -0.1) is 0 Å². The molecule has 20 heavy (non-hydrogen) atoms. The Balaban J connectivity index is 2.08. The number of benzene rings is 1. The molecule has 0 radical (unpaired) electrons. The van der Waals surface area contributed by atoms with Crippen LogP contribution >= 0.6 is 0 Å². The van der Waals surface area contributed by atoms with Crippen LogP contribution in [0, 0.1) is 12.8 Å². The van der Waals surface area contributed by atoms with Crippen LogP contribution in [0.1, 0.15) is 24.1 Å². The van der Waals surface area contributed by atoms with Crippen LogP contribution in [0.5, 0.6) is 0 Å². The van der Waals surface area contributed by atoms with Gasteiger partial charge in [0.2, 0.25) is 5.91 Å². The molecule has 1 aromatic heterocycles. The highest BCUT2D eigenvalue weighted by Crippen LogP contribution is 2.21. The molecular weight excluding hydrogens is 250 g/mol. The first-order valence-electron chi connectivity index (χ1n) is 6.62. The normalized spacial score (nSPS) is 13.6. The lowest BCUT2D eigenvalue weighted by Crippen LogP contribution is -2.31. The molecule has 2 unspecified atom stereocenters. The Morgan fingerprint density at radius 3 is 2.55 bits per heavy atom. The number of carbonyl (C=O) groups excluding carboxylic acids is 1. The largest absolute Gasteiger partial charge is 0.323 e. The Morgan fingerprint density at radius 2 is 1.90 bits per heavy atom. The summed E-state index contributed by atoms with van der Waals surface area (Å²) in [7, 11) is 0. The van der Waals surface area contributed by atoms with Crippen LogP contribution < -0.4 is 11.1 Å². The summed E-state index contributed by atoms with van der Waals surface area (Å²) in [5.41, 5.74) is 8.03. The van der Waals surface area contributed by atoms with Gasteiger partial charge in [-0.2, -0.15) is 0 Å². The fourth-order valence-electron chi connectivity index (χ4n) is 1.97. The zero-order chi connectivity index (χ0) is 14.5. The number of nitrogens with one attached hydrogen (secondary N) is 1. The van der Waals surface area contributed by atoms with Crippen LogP contribution in [0.2, 0.25) is 0 Å². The van der Waals surface area contributed by atoms with Crippen LogP contribution in [0.3, 0.4) is 0 Å². The number of rotatable bonds is 4. The van der Waals surface area contributed by atoms with Gasteiger partial charge >= 0.3 is 0 Å². The fourth-order valence-corrected chi connectivity index (χ4v) is 1.97. The molecule has 0 fully saturated rings. The maximum Gasteiger partial charge on any atom is 0.230 e. The van der Waals surface area contributed by atoms with E-state index in [0.29, 0.717) is 5.82 Å². The highest BCUT2D eigenvalue weighted by atomic mass is 16.2. The van der Waals surface area contributed by atoms with Gasteiger partial charge in [-0.1, -0.05) is 43.3 Å². The van der Waals surface area contributed by atoms with Crippen LogP contribution in [-0.4, -0.2) is 10.9 Å². The van der Waals surface area contributed by atoms with Gasteiger partial charge in [-0.25, -0.2) is 4.98 Å². The highest BCUT2D eigenvalue weighted by molar-refractivity contribution is 5.92. The minimum Gasteiger partial charge on any atom is -0.323 e. The molecule has 3 N–H and O–H groups in total. The Morgan fingerprint density at radius 1 is 1.20 bits per heavy atom. The van der Waals surface area contributed by atoms with E-state index < -0.39 is 0 Å². The second-order valence-corrected chi connectivity index (χ2v) is 4.88. The van der Waals surface area contributed by atoms with Gasteiger partial charge in [0.25, 0.3) is 0 Å². The number of anilines is 1. The standard InChI is InChI=1S/C16H19N3O/c1-11-7-6-10-18-15(11)19-16(20)12(2)14(17)13-8-4-3-5-9-13/h3-10,12,14H,17H2,1-2H3,(H,18,19,20). The predicted octanol–water partition coefficient (Wildman–Crippen LogP) is 2.66. The summed E-state index contributed by atoms with van der Waals surface area (Å²) in [6, 6.07) is 13.0. The van der Waals surface area contributed by atoms with Gasteiger partial charge in [0, 0.05) is 12.2 Å². The van der Waals surface area contributed by atoms with Gasteiger partial charge in [0.05, 0.1) is 5.92 Å². The van der Waals surface area contributed by atoms with E-state index in [9.17, 15) is 4.79 Å². The molecule has 0 saturated carbocycles. The van der Waals surface area contributed by atoms with Crippen molar-refractivity contribution in [1.29, 1.82) is 0 Å². The predicted molar refractivity (Wildman–Crippen MR) is 80.1 cm³/mol. The Labute approximate surface area is 119 Å². The van der Waals surface area contributed by atoms with Crippen molar-refractivity contribution in [3.8, 4) is 0 Å². The number of carbonyl (C=O) groups is 1. The number of amides is 1. The summed E-state index contributed by atoms with van der Waals surface area (Å²) in [5.74, 6) is 0.131. The lowest BCUT2D eigenvalue weighted by molar-refractivity contribution is -0.120. The fraction of sp³-hybridized carbons (Fsp3) is 0.250. The number of aryl methyl sites for hydroxylation is 1. The van der Waals surface area contributed by atoms with Crippen LogP contribution in [0.25, 0.3) is 0 Å². The molecule has 1 aromatic carbocycles. The van der Waals surface area contributed by atoms with Crippen molar-refractivity contribution >= 4 is 11.7 Å². The summed E-state index contributed by atoms with van der Waals surface area (Å²) < 4.78 is 0.